The van der Waals surface area contributed by atoms with Crippen LogP contribution in [0.5, 0.6) is 0 Å². The molecule has 0 radical (unpaired) electrons. The SMILES string of the molecule is CCOCCCNc1nccn1CCCOC. The fraction of sp³-hybridized carbons (Fsp3) is 0.750. The minimum atomic E-state index is 0.780. The van der Waals surface area contributed by atoms with E-state index >= 15 is 0 Å². The molecule has 17 heavy (non-hydrogen) atoms. The fourth-order valence-corrected chi connectivity index (χ4v) is 1.55. The van der Waals surface area contributed by atoms with Crippen LogP contribution in [-0.4, -0.2) is 43.0 Å². The Labute approximate surface area is 103 Å². The van der Waals surface area contributed by atoms with Gasteiger partial charge in [0.25, 0.3) is 0 Å². The first-order valence-electron chi connectivity index (χ1n) is 6.20. The van der Waals surface area contributed by atoms with Gasteiger partial charge < -0.3 is 19.4 Å². The van der Waals surface area contributed by atoms with Crippen LogP contribution in [0.15, 0.2) is 12.4 Å². The molecule has 0 aliphatic heterocycles. The number of ether oxygens (including phenoxy) is 2. The average Bonchev–Trinajstić information content (AvgIpc) is 2.77. The Bertz CT molecular complexity index is 289. The van der Waals surface area contributed by atoms with E-state index in [2.05, 4.69) is 14.9 Å². The molecule has 0 atom stereocenters. The van der Waals surface area contributed by atoms with Crippen molar-refractivity contribution in [2.24, 2.45) is 0 Å². The van der Waals surface area contributed by atoms with Crippen molar-refractivity contribution in [1.29, 1.82) is 0 Å². The lowest BCUT2D eigenvalue weighted by atomic mass is 10.4. The monoisotopic (exact) mass is 241 g/mol. The Kier molecular flexibility index (Phi) is 7.42. The molecule has 0 unspecified atom stereocenters. The number of nitrogens with zero attached hydrogens (tertiary/aromatic N) is 2. The normalized spacial score (nSPS) is 10.7. The smallest absolute Gasteiger partial charge is 0.202 e. The second-order valence-electron chi connectivity index (χ2n) is 3.77. The van der Waals surface area contributed by atoms with E-state index < -0.39 is 0 Å². The van der Waals surface area contributed by atoms with Gasteiger partial charge in [0.1, 0.15) is 0 Å². The van der Waals surface area contributed by atoms with Crippen LogP contribution in [0.4, 0.5) is 5.95 Å². The largest absolute Gasteiger partial charge is 0.385 e. The molecule has 98 valence electrons. The number of aromatic nitrogens is 2. The first kappa shape index (κ1) is 14.0. The first-order chi connectivity index (χ1) is 8.38. The first-order valence-corrected chi connectivity index (χ1v) is 6.20. The van der Waals surface area contributed by atoms with Gasteiger partial charge in [-0.05, 0) is 19.8 Å². The van der Waals surface area contributed by atoms with Crippen LogP contribution in [0.25, 0.3) is 0 Å². The molecule has 1 rings (SSSR count). The van der Waals surface area contributed by atoms with Crippen molar-refractivity contribution >= 4 is 5.95 Å². The molecule has 0 fully saturated rings. The van der Waals surface area contributed by atoms with Gasteiger partial charge >= 0.3 is 0 Å². The maximum atomic E-state index is 5.28. The summed E-state index contributed by atoms with van der Waals surface area (Å²) in [5.41, 5.74) is 0. The zero-order valence-electron chi connectivity index (χ0n) is 10.8. The molecule has 0 aliphatic carbocycles. The van der Waals surface area contributed by atoms with Crippen molar-refractivity contribution in [3.8, 4) is 0 Å². The zero-order chi connectivity index (χ0) is 12.3. The molecule has 0 aliphatic rings. The molecule has 0 amide bonds. The number of hydrogen-bond donors (Lipinski definition) is 1. The fourth-order valence-electron chi connectivity index (χ4n) is 1.55. The van der Waals surface area contributed by atoms with Crippen molar-refractivity contribution in [1.82, 2.24) is 9.55 Å². The molecule has 1 heterocycles. The molecular weight excluding hydrogens is 218 g/mol. The molecule has 5 heteroatoms. The Balaban J connectivity index is 2.20. The predicted molar refractivity (Wildman–Crippen MR) is 68.3 cm³/mol. The van der Waals surface area contributed by atoms with E-state index in [4.69, 9.17) is 9.47 Å². The summed E-state index contributed by atoms with van der Waals surface area (Å²) in [6.45, 7) is 6.19. The van der Waals surface area contributed by atoms with Gasteiger partial charge in [0.15, 0.2) is 0 Å². The van der Waals surface area contributed by atoms with Crippen LogP contribution in [0.3, 0.4) is 0 Å². The second kappa shape index (κ2) is 9.01. The third-order valence-corrected chi connectivity index (χ3v) is 2.42. The molecule has 1 aromatic heterocycles. The van der Waals surface area contributed by atoms with Gasteiger partial charge in [0, 0.05) is 52.4 Å². The molecule has 5 nitrogen and oxygen atoms in total. The highest BCUT2D eigenvalue weighted by molar-refractivity contribution is 5.25. The highest BCUT2D eigenvalue weighted by Gasteiger charge is 2.00. The van der Waals surface area contributed by atoms with E-state index in [9.17, 15) is 0 Å². The van der Waals surface area contributed by atoms with Gasteiger partial charge in [-0.25, -0.2) is 4.98 Å². The third-order valence-electron chi connectivity index (χ3n) is 2.42. The van der Waals surface area contributed by atoms with E-state index in [1.807, 2.05) is 19.3 Å². The van der Waals surface area contributed by atoms with E-state index in [1.165, 1.54) is 0 Å². The molecule has 1 N–H and O–H groups in total. The summed E-state index contributed by atoms with van der Waals surface area (Å²) in [5, 5.41) is 3.31. The van der Waals surface area contributed by atoms with Crippen LogP contribution < -0.4 is 5.32 Å². The van der Waals surface area contributed by atoms with Crippen molar-refractivity contribution in [2.75, 3.05) is 38.8 Å². The van der Waals surface area contributed by atoms with E-state index in [1.54, 1.807) is 7.11 Å². The van der Waals surface area contributed by atoms with Crippen LogP contribution in [-0.2, 0) is 16.0 Å². The van der Waals surface area contributed by atoms with Gasteiger partial charge in [-0.2, -0.15) is 0 Å². The van der Waals surface area contributed by atoms with E-state index in [0.717, 1.165) is 51.7 Å². The third kappa shape index (κ3) is 5.70. The number of methoxy groups -OCH3 is 1. The van der Waals surface area contributed by atoms with E-state index in [0.29, 0.717) is 0 Å². The Morgan fingerprint density at radius 1 is 1.35 bits per heavy atom. The Morgan fingerprint density at radius 2 is 2.24 bits per heavy atom. The number of hydrogen-bond acceptors (Lipinski definition) is 4. The molecule has 0 aromatic carbocycles. The van der Waals surface area contributed by atoms with Gasteiger partial charge in [0.2, 0.25) is 5.95 Å². The number of aryl methyl sites for hydroxylation is 1. The summed E-state index contributed by atoms with van der Waals surface area (Å²) >= 11 is 0. The maximum Gasteiger partial charge on any atom is 0.202 e. The highest BCUT2D eigenvalue weighted by Crippen LogP contribution is 2.05. The minimum Gasteiger partial charge on any atom is -0.385 e. The lowest BCUT2D eigenvalue weighted by Crippen LogP contribution is -2.11. The summed E-state index contributed by atoms with van der Waals surface area (Å²) in [4.78, 5) is 4.28. The zero-order valence-corrected chi connectivity index (χ0v) is 10.8. The second-order valence-corrected chi connectivity index (χ2v) is 3.77. The minimum absolute atomic E-state index is 0.780. The van der Waals surface area contributed by atoms with E-state index in [-0.39, 0.29) is 0 Å². The molecule has 0 saturated heterocycles. The molecule has 0 bridgehead atoms. The van der Waals surface area contributed by atoms with Gasteiger partial charge in [-0.15, -0.1) is 0 Å². The highest BCUT2D eigenvalue weighted by atomic mass is 16.5. The molecule has 1 aromatic rings. The summed E-state index contributed by atoms with van der Waals surface area (Å²) in [6.07, 6.45) is 5.80. The number of rotatable bonds is 10. The van der Waals surface area contributed by atoms with Crippen LogP contribution in [0.2, 0.25) is 0 Å². The summed E-state index contributed by atoms with van der Waals surface area (Å²) < 4.78 is 12.4. The quantitative estimate of drug-likeness (QED) is 0.634. The average molecular weight is 241 g/mol. The number of anilines is 1. The van der Waals surface area contributed by atoms with Crippen molar-refractivity contribution in [3.63, 3.8) is 0 Å². The van der Waals surface area contributed by atoms with Gasteiger partial charge in [-0.3, -0.25) is 0 Å². The standard InChI is InChI=1S/C12H23N3O2/c1-3-17-11-4-6-13-12-14-7-9-15(12)8-5-10-16-2/h7,9H,3-6,8,10-11H2,1-2H3,(H,13,14). The topological polar surface area (TPSA) is 48.3 Å². The van der Waals surface area contributed by atoms with Crippen molar-refractivity contribution in [3.05, 3.63) is 12.4 Å². The summed E-state index contributed by atoms with van der Waals surface area (Å²) in [5.74, 6) is 0.928. The molecule has 0 saturated carbocycles. The summed E-state index contributed by atoms with van der Waals surface area (Å²) in [7, 11) is 1.72. The van der Waals surface area contributed by atoms with Crippen molar-refractivity contribution in [2.45, 2.75) is 26.3 Å². The van der Waals surface area contributed by atoms with Crippen molar-refractivity contribution < 1.29 is 9.47 Å². The van der Waals surface area contributed by atoms with Crippen LogP contribution >= 0.6 is 0 Å². The lowest BCUT2D eigenvalue weighted by molar-refractivity contribution is 0.147. The Morgan fingerprint density at radius 3 is 3.00 bits per heavy atom. The predicted octanol–water partition coefficient (Wildman–Crippen LogP) is 1.76. The molecule has 0 spiro atoms. The maximum absolute atomic E-state index is 5.28. The summed E-state index contributed by atoms with van der Waals surface area (Å²) in [6, 6.07) is 0. The lowest BCUT2D eigenvalue weighted by Gasteiger charge is -2.09. The Hall–Kier alpha value is -1.07. The van der Waals surface area contributed by atoms with Crippen LogP contribution in [0.1, 0.15) is 19.8 Å². The van der Waals surface area contributed by atoms with Gasteiger partial charge in [-0.1, -0.05) is 0 Å². The van der Waals surface area contributed by atoms with Gasteiger partial charge in [0.05, 0.1) is 0 Å². The number of imidazole rings is 1. The number of nitrogens with one attached hydrogen (secondary N) is 1. The molecular formula is C12H23N3O2. The van der Waals surface area contributed by atoms with Crippen LogP contribution in [0, 0.1) is 0 Å².